The van der Waals surface area contributed by atoms with Crippen molar-refractivity contribution in [3.8, 4) is 0 Å². The van der Waals surface area contributed by atoms with Gasteiger partial charge in [0.1, 0.15) is 11.7 Å². The minimum atomic E-state index is -1.12. The Bertz CT molecular complexity index is 634. The lowest BCUT2D eigenvalue weighted by atomic mass is 9.95. The first-order valence-electron chi connectivity index (χ1n) is 5.75. The van der Waals surface area contributed by atoms with E-state index in [1.54, 1.807) is 24.3 Å². The van der Waals surface area contributed by atoms with Gasteiger partial charge in [0.05, 0.1) is 10.7 Å². The number of benzene rings is 1. The molecule has 1 N–H and O–H groups in total. The molecule has 20 heavy (non-hydrogen) atoms. The van der Waals surface area contributed by atoms with Crippen molar-refractivity contribution in [2.75, 3.05) is 0 Å². The van der Waals surface area contributed by atoms with Gasteiger partial charge in [-0.3, -0.25) is 9.78 Å². The second-order valence-electron chi connectivity index (χ2n) is 4.24. The lowest BCUT2D eigenvalue weighted by molar-refractivity contribution is -0.138. The number of carbonyl (C=O) groups is 1. The molecule has 0 fully saturated rings. The molecular formula is C14H10BrClFNO2. The summed E-state index contributed by atoms with van der Waals surface area (Å²) < 4.78 is 14.7. The van der Waals surface area contributed by atoms with E-state index in [4.69, 9.17) is 11.6 Å². The predicted octanol–water partition coefficient (Wildman–Crippen LogP) is 4.05. The number of hydrogen-bond donors (Lipinski definition) is 1. The molecule has 1 aromatic carbocycles. The maximum Gasteiger partial charge on any atom is 0.313 e. The van der Waals surface area contributed by atoms with E-state index in [-0.39, 0.29) is 17.1 Å². The molecule has 6 heteroatoms. The van der Waals surface area contributed by atoms with E-state index in [0.717, 1.165) is 16.1 Å². The smallest absolute Gasteiger partial charge is 0.313 e. The Kier molecular flexibility index (Phi) is 4.73. The molecule has 0 radical (unpaired) electrons. The number of halogens is 3. The lowest BCUT2D eigenvalue weighted by Crippen LogP contribution is -2.17. The van der Waals surface area contributed by atoms with Crippen molar-refractivity contribution in [3.05, 3.63) is 63.1 Å². The highest BCUT2D eigenvalue weighted by Crippen LogP contribution is 2.24. The first kappa shape index (κ1) is 14.9. The quantitative estimate of drug-likeness (QED) is 0.897. The lowest BCUT2D eigenvalue weighted by Gasteiger charge is -2.13. The average molecular weight is 359 g/mol. The van der Waals surface area contributed by atoms with Crippen LogP contribution in [0, 0.1) is 5.82 Å². The molecule has 0 amide bonds. The summed E-state index contributed by atoms with van der Waals surface area (Å²) in [7, 11) is 0. The van der Waals surface area contributed by atoms with E-state index in [1.165, 1.54) is 6.20 Å². The van der Waals surface area contributed by atoms with E-state index >= 15 is 0 Å². The second kappa shape index (κ2) is 6.33. The molecule has 0 saturated heterocycles. The molecule has 0 aliphatic heterocycles. The summed E-state index contributed by atoms with van der Waals surface area (Å²) in [6, 6.07) is 8.25. The molecule has 2 aromatic rings. The summed E-state index contributed by atoms with van der Waals surface area (Å²) in [4.78, 5) is 15.2. The topological polar surface area (TPSA) is 50.2 Å². The Hall–Kier alpha value is -1.46. The largest absolute Gasteiger partial charge is 0.481 e. The van der Waals surface area contributed by atoms with Crippen molar-refractivity contribution in [1.82, 2.24) is 4.98 Å². The Morgan fingerprint density at radius 2 is 2.05 bits per heavy atom. The number of nitrogens with zero attached hydrogens (tertiary/aromatic N) is 1. The van der Waals surface area contributed by atoms with Gasteiger partial charge in [0.2, 0.25) is 0 Å². The van der Waals surface area contributed by atoms with E-state index < -0.39 is 17.7 Å². The van der Waals surface area contributed by atoms with Crippen molar-refractivity contribution < 1.29 is 14.3 Å². The van der Waals surface area contributed by atoms with Crippen LogP contribution >= 0.6 is 27.5 Å². The van der Waals surface area contributed by atoms with Crippen molar-refractivity contribution >= 4 is 33.5 Å². The van der Waals surface area contributed by atoms with Crippen molar-refractivity contribution in [2.45, 2.75) is 12.3 Å². The van der Waals surface area contributed by atoms with Crippen LogP contribution in [0.25, 0.3) is 0 Å². The maximum absolute atomic E-state index is 13.8. The molecule has 0 saturated carbocycles. The minimum Gasteiger partial charge on any atom is -0.481 e. The van der Waals surface area contributed by atoms with E-state index in [1.807, 2.05) is 0 Å². The van der Waals surface area contributed by atoms with Crippen LogP contribution in [0.4, 0.5) is 4.39 Å². The SMILES string of the molecule is O=C(O)C(Cc1ccc(Br)cc1)c1ncc(Cl)cc1F. The van der Waals surface area contributed by atoms with Gasteiger partial charge in [0.25, 0.3) is 0 Å². The molecule has 104 valence electrons. The van der Waals surface area contributed by atoms with Crippen LogP contribution in [0.1, 0.15) is 17.2 Å². The Labute approximate surface area is 128 Å². The van der Waals surface area contributed by atoms with Gasteiger partial charge in [-0.1, -0.05) is 39.7 Å². The van der Waals surface area contributed by atoms with Crippen LogP contribution < -0.4 is 0 Å². The van der Waals surface area contributed by atoms with E-state index in [0.29, 0.717) is 0 Å². The van der Waals surface area contributed by atoms with Crippen LogP contribution in [-0.2, 0) is 11.2 Å². The fourth-order valence-electron chi connectivity index (χ4n) is 1.84. The van der Waals surface area contributed by atoms with Gasteiger partial charge in [-0.2, -0.15) is 0 Å². The predicted molar refractivity (Wildman–Crippen MR) is 77.4 cm³/mol. The van der Waals surface area contributed by atoms with Crippen LogP contribution in [0.5, 0.6) is 0 Å². The number of aliphatic carboxylic acids is 1. The number of pyridine rings is 1. The summed E-state index contributed by atoms with van der Waals surface area (Å²) in [5.41, 5.74) is 0.682. The number of hydrogen-bond acceptors (Lipinski definition) is 2. The molecule has 3 nitrogen and oxygen atoms in total. The normalized spacial score (nSPS) is 12.2. The van der Waals surface area contributed by atoms with Crippen molar-refractivity contribution in [3.63, 3.8) is 0 Å². The number of carboxylic acids is 1. The van der Waals surface area contributed by atoms with Crippen LogP contribution in [0.3, 0.4) is 0 Å². The summed E-state index contributed by atoms with van der Waals surface area (Å²) in [5, 5.41) is 9.43. The zero-order chi connectivity index (χ0) is 14.7. The van der Waals surface area contributed by atoms with E-state index in [2.05, 4.69) is 20.9 Å². The van der Waals surface area contributed by atoms with Gasteiger partial charge < -0.3 is 5.11 Å². The highest BCUT2D eigenvalue weighted by atomic mass is 79.9. The zero-order valence-corrected chi connectivity index (χ0v) is 12.5. The molecule has 2 rings (SSSR count). The molecule has 1 atom stereocenters. The van der Waals surface area contributed by atoms with Crippen LogP contribution in [0.2, 0.25) is 5.02 Å². The molecule has 0 spiro atoms. The molecule has 1 unspecified atom stereocenters. The second-order valence-corrected chi connectivity index (χ2v) is 5.59. The van der Waals surface area contributed by atoms with E-state index in [9.17, 15) is 14.3 Å². The standard InChI is InChI=1S/C14H10BrClFNO2/c15-9-3-1-8(2-4-9)5-11(14(19)20)13-12(17)6-10(16)7-18-13/h1-4,6-7,11H,5H2,(H,19,20). The fraction of sp³-hybridized carbons (Fsp3) is 0.143. The van der Waals surface area contributed by atoms with Gasteiger partial charge in [-0.05, 0) is 30.2 Å². The number of rotatable bonds is 4. The van der Waals surface area contributed by atoms with Crippen molar-refractivity contribution in [1.29, 1.82) is 0 Å². The first-order valence-corrected chi connectivity index (χ1v) is 6.92. The monoisotopic (exact) mass is 357 g/mol. The number of carboxylic acid groups (broad SMARTS) is 1. The summed E-state index contributed by atoms with van der Waals surface area (Å²) >= 11 is 8.93. The molecule has 0 aliphatic rings. The Morgan fingerprint density at radius 3 is 2.60 bits per heavy atom. The Balaban J connectivity index is 2.31. The molecule has 1 heterocycles. The molecule has 0 aliphatic carbocycles. The van der Waals surface area contributed by atoms with Crippen LogP contribution in [-0.4, -0.2) is 16.1 Å². The van der Waals surface area contributed by atoms with Gasteiger partial charge >= 0.3 is 5.97 Å². The Morgan fingerprint density at radius 1 is 1.40 bits per heavy atom. The van der Waals surface area contributed by atoms with Gasteiger partial charge in [0, 0.05) is 10.7 Å². The zero-order valence-electron chi connectivity index (χ0n) is 10.2. The average Bonchev–Trinajstić information content (AvgIpc) is 2.39. The number of aromatic nitrogens is 1. The molecule has 0 bridgehead atoms. The van der Waals surface area contributed by atoms with Gasteiger partial charge in [-0.15, -0.1) is 0 Å². The molecule has 1 aromatic heterocycles. The fourth-order valence-corrected chi connectivity index (χ4v) is 2.25. The third-order valence-electron chi connectivity index (χ3n) is 2.82. The maximum atomic E-state index is 13.8. The first-order chi connectivity index (χ1) is 9.47. The van der Waals surface area contributed by atoms with Gasteiger partial charge in [-0.25, -0.2) is 4.39 Å². The van der Waals surface area contributed by atoms with Crippen molar-refractivity contribution in [2.24, 2.45) is 0 Å². The van der Waals surface area contributed by atoms with Gasteiger partial charge in [0.15, 0.2) is 0 Å². The summed E-state index contributed by atoms with van der Waals surface area (Å²) in [6.07, 6.45) is 1.41. The molecular weight excluding hydrogens is 349 g/mol. The van der Waals surface area contributed by atoms with Crippen LogP contribution in [0.15, 0.2) is 41.0 Å². The highest BCUT2D eigenvalue weighted by molar-refractivity contribution is 9.10. The summed E-state index contributed by atoms with van der Waals surface area (Å²) in [6.45, 7) is 0. The third-order valence-corrected chi connectivity index (χ3v) is 3.55. The highest BCUT2D eigenvalue weighted by Gasteiger charge is 2.25. The third kappa shape index (κ3) is 3.55. The summed E-state index contributed by atoms with van der Waals surface area (Å²) in [5.74, 6) is -2.88. The minimum absolute atomic E-state index is 0.107.